The van der Waals surface area contributed by atoms with Crippen LogP contribution in [0.15, 0.2) is 64.3 Å². The monoisotopic (exact) mass is 242 g/mol. The maximum absolute atomic E-state index is 5.73. The Bertz CT molecular complexity index is 714. The Labute approximate surface area is 113 Å². The summed E-state index contributed by atoms with van der Waals surface area (Å²) in [4.78, 5) is 0. The normalized spacial score (nSPS) is 19.7. The van der Waals surface area contributed by atoms with E-state index >= 15 is 0 Å². The molecule has 19 heavy (non-hydrogen) atoms. The van der Waals surface area contributed by atoms with Crippen LogP contribution in [-0.2, 0) is 6.42 Å². The van der Waals surface area contributed by atoms with Crippen LogP contribution < -0.4 is 5.46 Å². The van der Waals surface area contributed by atoms with Crippen molar-refractivity contribution >= 4 is 19.0 Å². The van der Waals surface area contributed by atoms with E-state index in [9.17, 15) is 0 Å². The van der Waals surface area contributed by atoms with Crippen molar-refractivity contribution < 1.29 is 0 Å². The molecule has 0 saturated heterocycles. The Hall–Kier alpha value is -2.16. The Kier molecular flexibility index (Phi) is 2.22. The molecular weight excluding hydrogens is 231 g/mol. The molecule has 0 saturated carbocycles. The zero-order chi connectivity index (χ0) is 12.8. The lowest BCUT2D eigenvalue weighted by molar-refractivity contribution is 0.862. The van der Waals surface area contributed by atoms with Crippen LogP contribution in [0.4, 0.5) is 0 Å². The van der Waals surface area contributed by atoms with Crippen LogP contribution in [0.3, 0.4) is 0 Å². The fourth-order valence-corrected chi connectivity index (χ4v) is 2.86. The predicted molar refractivity (Wildman–Crippen MR) is 76.5 cm³/mol. The predicted octanol–water partition coefficient (Wildman–Crippen LogP) is 2.95. The Morgan fingerprint density at radius 3 is 2.63 bits per heavy atom. The molecule has 0 fully saturated rings. The second-order valence-corrected chi connectivity index (χ2v) is 4.99. The van der Waals surface area contributed by atoms with E-state index in [-0.39, 0.29) is 6.04 Å². The molecule has 88 valence electrons. The third-order valence-electron chi connectivity index (χ3n) is 3.82. The number of benzene rings is 2. The molecule has 1 unspecified atom stereocenters. The summed E-state index contributed by atoms with van der Waals surface area (Å²) in [6, 6.07) is 16.5. The van der Waals surface area contributed by atoms with Crippen molar-refractivity contribution in [2.45, 2.75) is 12.5 Å². The number of nitrogens with zero attached hydrogens (tertiary/aromatic N) is 2. The number of hydrogen-bond acceptors (Lipinski definition) is 2. The first-order chi connectivity index (χ1) is 9.33. The smallest absolute Gasteiger partial charge is 0.120 e. The highest BCUT2D eigenvalue weighted by atomic mass is 15.2. The van der Waals surface area contributed by atoms with E-state index in [1.807, 2.05) is 24.3 Å². The lowest BCUT2D eigenvalue weighted by Crippen LogP contribution is -2.00. The van der Waals surface area contributed by atoms with E-state index < -0.39 is 0 Å². The van der Waals surface area contributed by atoms with E-state index in [0.717, 1.165) is 23.1 Å². The van der Waals surface area contributed by atoms with Gasteiger partial charge in [-0.05, 0) is 23.1 Å². The van der Waals surface area contributed by atoms with Gasteiger partial charge in [0.05, 0.1) is 5.70 Å². The van der Waals surface area contributed by atoms with Crippen LogP contribution in [0.2, 0.25) is 0 Å². The van der Waals surface area contributed by atoms with Gasteiger partial charge in [0.2, 0.25) is 0 Å². The van der Waals surface area contributed by atoms with Gasteiger partial charge in [0, 0.05) is 5.56 Å². The van der Waals surface area contributed by atoms with Gasteiger partial charge < -0.3 is 0 Å². The first-order valence-corrected chi connectivity index (χ1v) is 6.40. The molecule has 0 amide bonds. The van der Waals surface area contributed by atoms with Gasteiger partial charge in [-0.25, -0.2) is 0 Å². The number of fused-ring (bicyclic) bond motifs is 3. The third kappa shape index (κ3) is 1.58. The van der Waals surface area contributed by atoms with E-state index in [4.69, 9.17) is 7.85 Å². The van der Waals surface area contributed by atoms with E-state index in [2.05, 4.69) is 34.5 Å². The standard InChI is InChI=1S/C16H11BN2/c17-12-7-5-10(6-8-12)15-14-9-11-3-1-2-4-13(11)16(14)19-18-15/h1-8,16H,9H2. The van der Waals surface area contributed by atoms with Crippen LogP contribution in [0, 0.1) is 0 Å². The quantitative estimate of drug-likeness (QED) is 0.687. The average molecular weight is 242 g/mol. The fourth-order valence-electron chi connectivity index (χ4n) is 2.86. The van der Waals surface area contributed by atoms with Crippen LogP contribution in [-0.4, -0.2) is 7.85 Å². The average Bonchev–Trinajstić information content (AvgIpc) is 2.98. The molecular formula is C16H11BN2. The van der Waals surface area contributed by atoms with Crippen molar-refractivity contribution in [1.29, 1.82) is 0 Å². The molecule has 2 aliphatic rings. The van der Waals surface area contributed by atoms with Crippen molar-refractivity contribution in [3.63, 3.8) is 0 Å². The van der Waals surface area contributed by atoms with Gasteiger partial charge in [-0.15, -0.1) is 0 Å². The Morgan fingerprint density at radius 2 is 1.79 bits per heavy atom. The molecule has 1 aliphatic carbocycles. The van der Waals surface area contributed by atoms with Gasteiger partial charge in [-0.2, -0.15) is 10.2 Å². The molecule has 1 heterocycles. The fraction of sp³-hybridized carbons (Fsp3) is 0.125. The molecule has 2 nitrogen and oxygen atoms in total. The Balaban J connectivity index is 1.83. The SMILES string of the molecule is [B]c1ccc(C2=C3Cc4ccccc4C3N=N2)cc1. The molecule has 0 N–H and O–H groups in total. The van der Waals surface area contributed by atoms with Gasteiger partial charge in [0.15, 0.2) is 0 Å². The van der Waals surface area contributed by atoms with E-state index in [1.54, 1.807) is 0 Å². The highest BCUT2D eigenvalue weighted by Crippen LogP contribution is 2.46. The first kappa shape index (κ1) is 10.7. The summed E-state index contributed by atoms with van der Waals surface area (Å²) in [5.74, 6) is 0. The zero-order valence-corrected chi connectivity index (χ0v) is 10.4. The van der Waals surface area contributed by atoms with Gasteiger partial charge >= 0.3 is 0 Å². The van der Waals surface area contributed by atoms with Crippen LogP contribution in [0.25, 0.3) is 5.70 Å². The molecule has 2 radical (unpaired) electrons. The summed E-state index contributed by atoms with van der Waals surface area (Å²) in [7, 11) is 5.73. The molecule has 0 aromatic heterocycles. The highest BCUT2D eigenvalue weighted by molar-refractivity contribution is 6.32. The first-order valence-electron chi connectivity index (χ1n) is 6.40. The van der Waals surface area contributed by atoms with Gasteiger partial charge in [-0.1, -0.05) is 54.0 Å². The van der Waals surface area contributed by atoms with Crippen molar-refractivity contribution in [3.8, 4) is 0 Å². The van der Waals surface area contributed by atoms with Crippen molar-refractivity contribution in [2.75, 3.05) is 0 Å². The third-order valence-corrected chi connectivity index (χ3v) is 3.82. The summed E-state index contributed by atoms with van der Waals surface area (Å²) in [5.41, 5.74) is 6.87. The number of hydrogen-bond donors (Lipinski definition) is 0. The van der Waals surface area contributed by atoms with Gasteiger partial charge in [0.1, 0.15) is 13.9 Å². The van der Waals surface area contributed by atoms with Crippen molar-refractivity contribution in [2.24, 2.45) is 10.2 Å². The number of azo groups is 1. The lowest BCUT2D eigenvalue weighted by atomic mass is 9.94. The Morgan fingerprint density at radius 1 is 1.00 bits per heavy atom. The minimum Gasteiger partial charge on any atom is -0.176 e. The summed E-state index contributed by atoms with van der Waals surface area (Å²) in [5, 5.41) is 8.82. The number of rotatable bonds is 1. The minimum atomic E-state index is 0.128. The maximum atomic E-state index is 5.73. The largest absolute Gasteiger partial charge is 0.176 e. The van der Waals surface area contributed by atoms with Gasteiger partial charge in [-0.3, -0.25) is 0 Å². The highest BCUT2D eigenvalue weighted by Gasteiger charge is 2.33. The molecule has 2 aromatic rings. The lowest BCUT2D eigenvalue weighted by Gasteiger charge is -2.03. The van der Waals surface area contributed by atoms with Crippen molar-refractivity contribution in [1.82, 2.24) is 0 Å². The van der Waals surface area contributed by atoms with E-state index in [1.165, 1.54) is 16.7 Å². The zero-order valence-electron chi connectivity index (χ0n) is 10.4. The summed E-state index contributed by atoms with van der Waals surface area (Å²) in [6.07, 6.45) is 0.952. The second-order valence-electron chi connectivity index (χ2n) is 4.99. The maximum Gasteiger partial charge on any atom is 0.120 e. The second kappa shape index (κ2) is 3.92. The van der Waals surface area contributed by atoms with Crippen LogP contribution >= 0.6 is 0 Å². The summed E-state index contributed by atoms with van der Waals surface area (Å²) in [6.45, 7) is 0. The molecule has 3 heteroatoms. The summed E-state index contributed by atoms with van der Waals surface area (Å²) < 4.78 is 0. The van der Waals surface area contributed by atoms with E-state index in [0.29, 0.717) is 0 Å². The molecule has 0 spiro atoms. The van der Waals surface area contributed by atoms with Crippen molar-refractivity contribution in [3.05, 3.63) is 70.8 Å². The molecule has 1 aliphatic heterocycles. The molecule has 0 bridgehead atoms. The van der Waals surface area contributed by atoms with Crippen LogP contribution in [0.1, 0.15) is 22.7 Å². The van der Waals surface area contributed by atoms with Gasteiger partial charge in [0.25, 0.3) is 0 Å². The molecule has 2 aromatic carbocycles. The summed E-state index contributed by atoms with van der Waals surface area (Å²) >= 11 is 0. The molecule has 1 atom stereocenters. The molecule has 4 rings (SSSR count). The topological polar surface area (TPSA) is 24.7 Å². The minimum absolute atomic E-state index is 0.128. The van der Waals surface area contributed by atoms with Crippen LogP contribution in [0.5, 0.6) is 0 Å².